The summed E-state index contributed by atoms with van der Waals surface area (Å²) < 4.78 is 0. The van der Waals surface area contributed by atoms with Crippen molar-refractivity contribution in [2.75, 3.05) is 25.0 Å². The highest BCUT2D eigenvalue weighted by atomic mass is 16.4. The number of carboxylic acids is 1. The lowest BCUT2D eigenvalue weighted by atomic mass is 9.89. The molecule has 1 fully saturated rings. The second-order valence-electron chi connectivity index (χ2n) is 5.68. The number of anilines is 1. The van der Waals surface area contributed by atoms with Crippen LogP contribution in [0.15, 0.2) is 12.1 Å². The number of nitrogens with one attached hydrogen (secondary N) is 1. The third kappa shape index (κ3) is 2.99. The van der Waals surface area contributed by atoms with Gasteiger partial charge < -0.3 is 15.3 Å². The number of carbonyl (C=O) groups is 2. The summed E-state index contributed by atoms with van der Waals surface area (Å²) in [6.07, 6.45) is 1.40. The maximum Gasteiger partial charge on any atom is 0.335 e. The number of carbonyl (C=O) groups excluding carboxylic acids is 1. The number of aromatic carboxylic acids is 1. The van der Waals surface area contributed by atoms with Gasteiger partial charge in [-0.05, 0) is 31.9 Å². The van der Waals surface area contributed by atoms with Crippen LogP contribution in [0.1, 0.15) is 36.3 Å². The fourth-order valence-electron chi connectivity index (χ4n) is 2.68. The molecule has 0 bridgehead atoms. The lowest BCUT2D eigenvalue weighted by Crippen LogP contribution is -2.39. The Bertz CT molecular complexity index is 573. The molecule has 1 amide bonds. The first-order valence-corrected chi connectivity index (χ1v) is 7.11. The van der Waals surface area contributed by atoms with E-state index in [9.17, 15) is 14.7 Å². The van der Waals surface area contributed by atoms with Crippen LogP contribution < -0.4 is 10.2 Å². The Hall–Kier alpha value is -2.11. The number of amides is 1. The monoisotopic (exact) mass is 291 g/mol. The minimum absolute atomic E-state index is 0.00936. The molecule has 6 heteroatoms. The Labute approximate surface area is 124 Å². The van der Waals surface area contributed by atoms with E-state index in [0.29, 0.717) is 25.3 Å². The molecule has 0 spiro atoms. The van der Waals surface area contributed by atoms with Crippen LogP contribution in [0, 0.1) is 5.41 Å². The zero-order valence-corrected chi connectivity index (χ0v) is 12.6. The highest BCUT2D eigenvalue weighted by Crippen LogP contribution is 2.33. The van der Waals surface area contributed by atoms with Crippen LogP contribution in [0.3, 0.4) is 0 Å². The zero-order chi connectivity index (χ0) is 15.6. The number of rotatable bonds is 4. The highest BCUT2D eigenvalue weighted by molar-refractivity contribution is 5.89. The normalized spacial score (nSPS) is 21.4. The Morgan fingerprint density at radius 3 is 2.76 bits per heavy atom. The standard InChI is InChI=1S/C15H21N3O3/c1-4-11-7-10(13(19)20)8-12(17-11)18-6-5-15(2,9-18)14(21)16-3/h7-8H,4-6,9H2,1-3H3,(H,16,21)(H,19,20). The van der Waals surface area contributed by atoms with E-state index in [1.54, 1.807) is 19.2 Å². The Morgan fingerprint density at radius 1 is 1.48 bits per heavy atom. The topological polar surface area (TPSA) is 82.5 Å². The van der Waals surface area contributed by atoms with Crippen LogP contribution in [0.2, 0.25) is 0 Å². The van der Waals surface area contributed by atoms with Crippen molar-refractivity contribution in [3.8, 4) is 0 Å². The number of aryl methyl sites for hydroxylation is 1. The average Bonchev–Trinajstić information content (AvgIpc) is 2.89. The Balaban J connectivity index is 2.29. The predicted molar refractivity (Wildman–Crippen MR) is 79.6 cm³/mol. The van der Waals surface area contributed by atoms with E-state index in [-0.39, 0.29) is 11.5 Å². The van der Waals surface area contributed by atoms with Crippen molar-refractivity contribution in [3.63, 3.8) is 0 Å². The summed E-state index contributed by atoms with van der Waals surface area (Å²) >= 11 is 0. The van der Waals surface area contributed by atoms with Crippen LogP contribution in [0.25, 0.3) is 0 Å². The van der Waals surface area contributed by atoms with Gasteiger partial charge in [-0.3, -0.25) is 4.79 Å². The number of carboxylic acid groups (broad SMARTS) is 1. The van der Waals surface area contributed by atoms with Crippen molar-refractivity contribution >= 4 is 17.7 Å². The van der Waals surface area contributed by atoms with Gasteiger partial charge in [0, 0.05) is 25.8 Å². The van der Waals surface area contributed by atoms with Gasteiger partial charge in [-0.25, -0.2) is 9.78 Å². The van der Waals surface area contributed by atoms with Gasteiger partial charge in [0.1, 0.15) is 5.82 Å². The van der Waals surface area contributed by atoms with E-state index in [0.717, 1.165) is 12.1 Å². The van der Waals surface area contributed by atoms with Gasteiger partial charge in [-0.15, -0.1) is 0 Å². The van der Waals surface area contributed by atoms with Crippen LogP contribution >= 0.6 is 0 Å². The third-order valence-corrected chi connectivity index (χ3v) is 4.05. The fraction of sp³-hybridized carbons (Fsp3) is 0.533. The molecule has 2 rings (SSSR count). The fourth-order valence-corrected chi connectivity index (χ4v) is 2.68. The van der Waals surface area contributed by atoms with Crippen molar-refractivity contribution in [1.29, 1.82) is 0 Å². The summed E-state index contributed by atoms with van der Waals surface area (Å²) in [6, 6.07) is 3.18. The van der Waals surface area contributed by atoms with E-state index in [2.05, 4.69) is 10.3 Å². The van der Waals surface area contributed by atoms with Gasteiger partial charge in [-0.2, -0.15) is 0 Å². The second kappa shape index (κ2) is 5.71. The quantitative estimate of drug-likeness (QED) is 0.874. The summed E-state index contributed by atoms with van der Waals surface area (Å²) in [5.41, 5.74) is 0.533. The SMILES string of the molecule is CCc1cc(C(=O)O)cc(N2CCC(C)(C(=O)NC)C2)n1. The van der Waals surface area contributed by atoms with Gasteiger partial charge in [-0.1, -0.05) is 6.92 Å². The van der Waals surface area contributed by atoms with Gasteiger partial charge in [0.2, 0.25) is 5.91 Å². The molecular formula is C15H21N3O3. The number of nitrogens with zero attached hydrogens (tertiary/aromatic N) is 2. The average molecular weight is 291 g/mol. The maximum atomic E-state index is 12.0. The molecule has 1 saturated heterocycles. The maximum absolute atomic E-state index is 12.0. The lowest BCUT2D eigenvalue weighted by Gasteiger charge is -2.23. The summed E-state index contributed by atoms with van der Waals surface area (Å²) in [5.74, 6) is -0.309. The molecule has 114 valence electrons. The number of hydrogen-bond donors (Lipinski definition) is 2. The Morgan fingerprint density at radius 2 is 2.19 bits per heavy atom. The molecule has 2 N–H and O–H groups in total. The van der Waals surface area contributed by atoms with Gasteiger partial charge in [0.05, 0.1) is 11.0 Å². The van der Waals surface area contributed by atoms with Crippen molar-refractivity contribution in [1.82, 2.24) is 10.3 Å². The van der Waals surface area contributed by atoms with Crippen LogP contribution in [-0.2, 0) is 11.2 Å². The van der Waals surface area contributed by atoms with Gasteiger partial charge in [0.25, 0.3) is 0 Å². The van der Waals surface area contributed by atoms with Crippen molar-refractivity contribution in [2.45, 2.75) is 26.7 Å². The van der Waals surface area contributed by atoms with Gasteiger partial charge >= 0.3 is 5.97 Å². The second-order valence-corrected chi connectivity index (χ2v) is 5.68. The number of hydrogen-bond acceptors (Lipinski definition) is 4. The molecule has 1 atom stereocenters. The van der Waals surface area contributed by atoms with E-state index in [1.807, 2.05) is 18.7 Å². The summed E-state index contributed by atoms with van der Waals surface area (Å²) in [7, 11) is 1.63. The molecule has 21 heavy (non-hydrogen) atoms. The molecule has 1 aromatic heterocycles. The highest BCUT2D eigenvalue weighted by Gasteiger charge is 2.40. The van der Waals surface area contributed by atoms with E-state index in [1.165, 1.54) is 0 Å². The summed E-state index contributed by atoms with van der Waals surface area (Å²) in [6.45, 7) is 5.11. The lowest BCUT2D eigenvalue weighted by molar-refractivity contribution is -0.128. The first kappa shape index (κ1) is 15.3. The first-order chi connectivity index (χ1) is 9.89. The van der Waals surface area contributed by atoms with Crippen molar-refractivity contribution < 1.29 is 14.7 Å². The van der Waals surface area contributed by atoms with Crippen molar-refractivity contribution in [3.05, 3.63) is 23.4 Å². The van der Waals surface area contributed by atoms with E-state index >= 15 is 0 Å². The van der Waals surface area contributed by atoms with Gasteiger partial charge in [0.15, 0.2) is 0 Å². The molecule has 2 heterocycles. The van der Waals surface area contributed by atoms with E-state index in [4.69, 9.17) is 0 Å². The molecule has 1 aliphatic rings. The number of pyridine rings is 1. The molecule has 1 unspecified atom stereocenters. The van der Waals surface area contributed by atoms with Crippen LogP contribution in [0.4, 0.5) is 5.82 Å². The molecule has 6 nitrogen and oxygen atoms in total. The minimum atomic E-state index is -0.957. The Kier molecular flexibility index (Phi) is 4.16. The number of aromatic nitrogens is 1. The molecule has 0 aliphatic carbocycles. The third-order valence-electron chi connectivity index (χ3n) is 4.05. The molecule has 1 aliphatic heterocycles. The molecule has 1 aromatic rings. The molecule has 0 saturated carbocycles. The first-order valence-electron chi connectivity index (χ1n) is 7.11. The van der Waals surface area contributed by atoms with E-state index < -0.39 is 11.4 Å². The van der Waals surface area contributed by atoms with Crippen molar-refractivity contribution in [2.24, 2.45) is 5.41 Å². The van der Waals surface area contributed by atoms with Crippen LogP contribution in [-0.4, -0.2) is 42.1 Å². The smallest absolute Gasteiger partial charge is 0.335 e. The molecule has 0 radical (unpaired) electrons. The zero-order valence-electron chi connectivity index (χ0n) is 12.6. The largest absolute Gasteiger partial charge is 0.478 e. The minimum Gasteiger partial charge on any atom is -0.478 e. The molecular weight excluding hydrogens is 270 g/mol. The summed E-state index contributed by atoms with van der Waals surface area (Å²) in [5, 5.41) is 11.9. The molecule has 0 aromatic carbocycles. The summed E-state index contributed by atoms with van der Waals surface area (Å²) in [4.78, 5) is 29.7. The van der Waals surface area contributed by atoms with Crippen LogP contribution in [0.5, 0.6) is 0 Å². The predicted octanol–water partition coefficient (Wildman–Crippen LogP) is 1.30.